The zero-order valence-electron chi connectivity index (χ0n) is 10.4. The van der Waals surface area contributed by atoms with Crippen LogP contribution in [0.3, 0.4) is 0 Å². The van der Waals surface area contributed by atoms with E-state index in [9.17, 15) is 4.79 Å². The van der Waals surface area contributed by atoms with E-state index >= 15 is 0 Å². The minimum Gasteiger partial charge on any atom is -0.393 e. The Labute approximate surface area is 108 Å². The SMILES string of the molecule is CCCOCCC(=O)NC1CCCC1C(N)=S. The highest BCUT2D eigenvalue weighted by Crippen LogP contribution is 2.25. The van der Waals surface area contributed by atoms with Crippen LogP contribution in [0.5, 0.6) is 0 Å². The average Bonchev–Trinajstić information content (AvgIpc) is 2.72. The Bertz CT molecular complexity index is 271. The normalized spacial score (nSPS) is 23.6. The lowest BCUT2D eigenvalue weighted by molar-refractivity contribution is -0.122. The Morgan fingerprint density at radius 1 is 1.47 bits per heavy atom. The minimum absolute atomic E-state index is 0.0363. The van der Waals surface area contributed by atoms with Crippen molar-refractivity contribution in [2.75, 3.05) is 13.2 Å². The van der Waals surface area contributed by atoms with Gasteiger partial charge in [0, 0.05) is 25.0 Å². The van der Waals surface area contributed by atoms with Crippen molar-refractivity contribution < 1.29 is 9.53 Å². The fraction of sp³-hybridized carbons (Fsp3) is 0.833. The number of ether oxygens (including phenoxy) is 1. The van der Waals surface area contributed by atoms with E-state index in [0.29, 0.717) is 24.6 Å². The molecule has 0 bridgehead atoms. The summed E-state index contributed by atoms with van der Waals surface area (Å²) in [4.78, 5) is 12.2. The second-order valence-corrected chi connectivity index (χ2v) is 4.95. The van der Waals surface area contributed by atoms with E-state index in [4.69, 9.17) is 22.7 Å². The van der Waals surface area contributed by atoms with Gasteiger partial charge in [0.05, 0.1) is 11.6 Å². The topological polar surface area (TPSA) is 64.3 Å². The first-order valence-corrected chi connectivity index (χ1v) is 6.72. The fourth-order valence-corrected chi connectivity index (χ4v) is 2.45. The van der Waals surface area contributed by atoms with Crippen LogP contribution in [-0.4, -0.2) is 30.2 Å². The van der Waals surface area contributed by atoms with Crippen molar-refractivity contribution in [3.63, 3.8) is 0 Å². The third kappa shape index (κ3) is 5.00. The van der Waals surface area contributed by atoms with Gasteiger partial charge in [0.25, 0.3) is 0 Å². The number of hydrogen-bond acceptors (Lipinski definition) is 3. The van der Waals surface area contributed by atoms with Crippen molar-refractivity contribution in [1.82, 2.24) is 5.32 Å². The zero-order chi connectivity index (χ0) is 12.7. The molecule has 0 saturated heterocycles. The number of amides is 1. The van der Waals surface area contributed by atoms with Crippen molar-refractivity contribution in [3.05, 3.63) is 0 Å². The Hall–Kier alpha value is -0.680. The smallest absolute Gasteiger partial charge is 0.222 e. The number of thiocarbonyl (C=S) groups is 1. The van der Waals surface area contributed by atoms with Crippen molar-refractivity contribution in [2.45, 2.75) is 45.1 Å². The van der Waals surface area contributed by atoms with Crippen molar-refractivity contribution in [1.29, 1.82) is 0 Å². The molecule has 3 N–H and O–H groups in total. The highest BCUT2D eigenvalue weighted by Gasteiger charge is 2.30. The molecule has 0 heterocycles. The Balaban J connectivity index is 2.23. The number of nitrogens with two attached hydrogens (primary N) is 1. The molecule has 98 valence electrons. The highest BCUT2D eigenvalue weighted by atomic mass is 32.1. The van der Waals surface area contributed by atoms with E-state index in [0.717, 1.165) is 25.7 Å². The lowest BCUT2D eigenvalue weighted by atomic mass is 10.0. The van der Waals surface area contributed by atoms with Gasteiger partial charge in [-0.1, -0.05) is 25.6 Å². The van der Waals surface area contributed by atoms with Crippen LogP contribution in [0.25, 0.3) is 0 Å². The Morgan fingerprint density at radius 2 is 2.24 bits per heavy atom. The highest BCUT2D eigenvalue weighted by molar-refractivity contribution is 7.80. The summed E-state index contributed by atoms with van der Waals surface area (Å²) in [6.45, 7) is 3.25. The first-order chi connectivity index (χ1) is 8.15. The van der Waals surface area contributed by atoms with Gasteiger partial charge < -0.3 is 15.8 Å². The molecule has 17 heavy (non-hydrogen) atoms. The molecular formula is C12H22N2O2S. The minimum atomic E-state index is 0.0363. The predicted molar refractivity (Wildman–Crippen MR) is 71.8 cm³/mol. The molecular weight excluding hydrogens is 236 g/mol. The molecule has 1 aliphatic carbocycles. The van der Waals surface area contributed by atoms with Crippen LogP contribution in [0, 0.1) is 5.92 Å². The van der Waals surface area contributed by atoms with Crippen LogP contribution >= 0.6 is 12.2 Å². The third-order valence-corrected chi connectivity index (χ3v) is 3.35. The van der Waals surface area contributed by atoms with E-state index < -0.39 is 0 Å². The van der Waals surface area contributed by atoms with Crippen molar-refractivity contribution >= 4 is 23.1 Å². The summed E-state index contributed by atoms with van der Waals surface area (Å²) in [5.41, 5.74) is 5.66. The van der Waals surface area contributed by atoms with Gasteiger partial charge in [0.2, 0.25) is 5.91 Å². The second kappa shape index (κ2) is 7.61. The molecule has 0 spiro atoms. The van der Waals surface area contributed by atoms with E-state index in [1.807, 2.05) is 6.92 Å². The fourth-order valence-electron chi connectivity index (χ4n) is 2.16. The van der Waals surface area contributed by atoms with Crippen LogP contribution in [0.4, 0.5) is 0 Å². The molecule has 1 amide bonds. The number of hydrogen-bond donors (Lipinski definition) is 2. The standard InChI is InChI=1S/C12H22N2O2S/c1-2-7-16-8-6-11(15)14-10-5-3-4-9(10)12(13)17/h9-10H,2-8H2,1H3,(H2,13,17)(H,14,15). The molecule has 1 rings (SSSR count). The summed E-state index contributed by atoms with van der Waals surface area (Å²) in [5, 5.41) is 3.00. The average molecular weight is 258 g/mol. The van der Waals surface area contributed by atoms with Crippen LogP contribution in [0.2, 0.25) is 0 Å². The zero-order valence-corrected chi connectivity index (χ0v) is 11.2. The molecule has 0 aromatic heterocycles. The molecule has 0 aromatic rings. The maximum absolute atomic E-state index is 11.7. The Morgan fingerprint density at radius 3 is 2.88 bits per heavy atom. The Kier molecular flexibility index (Phi) is 6.44. The maximum atomic E-state index is 11.7. The van der Waals surface area contributed by atoms with Gasteiger partial charge in [0.1, 0.15) is 0 Å². The van der Waals surface area contributed by atoms with Crippen molar-refractivity contribution in [3.8, 4) is 0 Å². The summed E-state index contributed by atoms with van der Waals surface area (Å²) in [6.07, 6.45) is 4.45. The molecule has 1 saturated carbocycles. The summed E-state index contributed by atoms with van der Waals surface area (Å²) in [5.74, 6) is 0.208. The monoisotopic (exact) mass is 258 g/mol. The van der Waals surface area contributed by atoms with E-state index in [1.54, 1.807) is 0 Å². The first-order valence-electron chi connectivity index (χ1n) is 6.31. The summed E-state index contributed by atoms with van der Waals surface area (Å²) >= 11 is 5.01. The van der Waals surface area contributed by atoms with Crippen LogP contribution in [0.15, 0.2) is 0 Å². The summed E-state index contributed by atoms with van der Waals surface area (Å²) in [7, 11) is 0. The third-order valence-electron chi connectivity index (χ3n) is 3.05. The van der Waals surface area contributed by atoms with E-state index in [-0.39, 0.29) is 17.9 Å². The molecule has 0 radical (unpaired) electrons. The molecule has 2 unspecified atom stereocenters. The molecule has 5 heteroatoms. The van der Waals surface area contributed by atoms with Gasteiger partial charge in [-0.2, -0.15) is 0 Å². The van der Waals surface area contributed by atoms with Gasteiger partial charge >= 0.3 is 0 Å². The van der Waals surface area contributed by atoms with Gasteiger partial charge in [-0.3, -0.25) is 4.79 Å². The van der Waals surface area contributed by atoms with E-state index in [1.165, 1.54) is 0 Å². The predicted octanol–water partition coefficient (Wildman–Crippen LogP) is 1.37. The number of nitrogens with one attached hydrogen (secondary N) is 1. The first kappa shape index (κ1) is 14.4. The van der Waals surface area contributed by atoms with Gasteiger partial charge in [-0.15, -0.1) is 0 Å². The molecule has 4 nitrogen and oxygen atoms in total. The number of rotatable bonds is 7. The maximum Gasteiger partial charge on any atom is 0.222 e. The van der Waals surface area contributed by atoms with Crippen molar-refractivity contribution in [2.24, 2.45) is 11.7 Å². The molecule has 0 aliphatic heterocycles. The molecule has 1 fully saturated rings. The molecule has 2 atom stereocenters. The number of carbonyl (C=O) groups is 1. The van der Waals surface area contributed by atoms with Gasteiger partial charge in [0.15, 0.2) is 0 Å². The molecule has 0 aromatic carbocycles. The lowest BCUT2D eigenvalue weighted by Crippen LogP contribution is -2.41. The lowest BCUT2D eigenvalue weighted by Gasteiger charge is -2.19. The quantitative estimate of drug-likeness (QED) is 0.535. The van der Waals surface area contributed by atoms with Crippen LogP contribution in [-0.2, 0) is 9.53 Å². The summed E-state index contributed by atoms with van der Waals surface area (Å²) in [6, 6.07) is 0.131. The van der Waals surface area contributed by atoms with Gasteiger partial charge in [-0.05, 0) is 19.3 Å². The molecule has 1 aliphatic rings. The van der Waals surface area contributed by atoms with E-state index in [2.05, 4.69) is 5.32 Å². The van der Waals surface area contributed by atoms with Crippen LogP contribution in [0.1, 0.15) is 39.0 Å². The largest absolute Gasteiger partial charge is 0.393 e. The number of carbonyl (C=O) groups excluding carboxylic acids is 1. The second-order valence-electron chi connectivity index (χ2n) is 4.48. The van der Waals surface area contributed by atoms with Crippen LogP contribution < -0.4 is 11.1 Å². The summed E-state index contributed by atoms with van der Waals surface area (Å²) < 4.78 is 5.28. The van der Waals surface area contributed by atoms with Gasteiger partial charge in [-0.25, -0.2) is 0 Å².